The maximum absolute atomic E-state index is 11.8. The summed E-state index contributed by atoms with van der Waals surface area (Å²) < 4.78 is 15.8. The van der Waals surface area contributed by atoms with E-state index in [4.69, 9.17) is 14.2 Å². The highest BCUT2D eigenvalue weighted by atomic mass is 16.5. The molecule has 0 fully saturated rings. The largest absolute Gasteiger partial charge is 0.497 e. The normalized spacial score (nSPS) is 9.52. The molecule has 0 saturated carbocycles. The minimum absolute atomic E-state index is 0.0786. The van der Waals surface area contributed by atoms with Gasteiger partial charge in [0.15, 0.2) is 11.5 Å². The summed E-state index contributed by atoms with van der Waals surface area (Å²) in [4.78, 5) is 11.8. The number of carbonyl (C=O) groups is 1. The number of rotatable bonds is 7. The summed E-state index contributed by atoms with van der Waals surface area (Å²) in [6.45, 7) is 0.513. The van der Waals surface area contributed by atoms with Crippen LogP contribution in [0.2, 0.25) is 0 Å². The summed E-state index contributed by atoms with van der Waals surface area (Å²) in [6.07, 6.45) is 0.309. The molecule has 0 spiro atoms. The molecule has 5 nitrogen and oxygen atoms in total. The van der Waals surface area contributed by atoms with Crippen molar-refractivity contribution >= 4 is 5.91 Å². The van der Waals surface area contributed by atoms with Crippen LogP contribution in [0, 0.1) is 11.8 Å². The second kappa shape index (κ2) is 9.89. The van der Waals surface area contributed by atoms with Gasteiger partial charge in [-0.3, -0.25) is 4.79 Å². The zero-order valence-corrected chi connectivity index (χ0v) is 14.4. The molecule has 0 atom stereocenters. The van der Waals surface area contributed by atoms with Crippen LogP contribution in [0.1, 0.15) is 5.56 Å². The van der Waals surface area contributed by atoms with Crippen molar-refractivity contribution in [3.05, 3.63) is 54.1 Å². The molecule has 1 amide bonds. The number of methoxy groups -OCH3 is 2. The Bertz CT molecular complexity index is 744. The minimum Gasteiger partial charge on any atom is -0.497 e. The van der Waals surface area contributed by atoms with E-state index in [-0.39, 0.29) is 19.1 Å². The molecule has 0 aromatic heterocycles. The van der Waals surface area contributed by atoms with E-state index in [1.54, 1.807) is 14.2 Å². The van der Waals surface area contributed by atoms with Gasteiger partial charge in [-0.05, 0) is 29.8 Å². The van der Waals surface area contributed by atoms with Crippen molar-refractivity contribution in [3.63, 3.8) is 0 Å². The van der Waals surface area contributed by atoms with E-state index in [1.165, 1.54) is 0 Å². The van der Waals surface area contributed by atoms with Gasteiger partial charge in [-0.2, -0.15) is 0 Å². The Kier molecular flexibility index (Phi) is 7.20. The van der Waals surface area contributed by atoms with Crippen molar-refractivity contribution < 1.29 is 19.0 Å². The van der Waals surface area contributed by atoms with Gasteiger partial charge in [-0.25, -0.2) is 0 Å². The lowest BCUT2D eigenvalue weighted by Gasteiger charge is -2.07. The number of carbonyl (C=O) groups excluding carboxylic acids is 1. The lowest BCUT2D eigenvalue weighted by atomic mass is 10.1. The van der Waals surface area contributed by atoms with Crippen LogP contribution in [0.5, 0.6) is 17.2 Å². The third kappa shape index (κ3) is 6.11. The number of benzene rings is 2. The molecule has 0 aliphatic rings. The molecule has 1 N–H and O–H groups in total. The van der Waals surface area contributed by atoms with Crippen molar-refractivity contribution in [3.8, 4) is 29.1 Å². The van der Waals surface area contributed by atoms with Crippen molar-refractivity contribution in [2.24, 2.45) is 0 Å². The van der Waals surface area contributed by atoms with Crippen molar-refractivity contribution in [1.82, 2.24) is 5.32 Å². The number of ether oxygens (including phenoxy) is 3. The molecule has 2 aromatic carbocycles. The first-order chi connectivity index (χ1) is 12.2. The molecular formula is C20H21NO4. The first kappa shape index (κ1) is 18.2. The summed E-state index contributed by atoms with van der Waals surface area (Å²) in [7, 11) is 3.20. The highest BCUT2D eigenvalue weighted by Crippen LogP contribution is 2.25. The lowest BCUT2D eigenvalue weighted by Crippen LogP contribution is -2.25. The van der Waals surface area contributed by atoms with Crippen LogP contribution in [0.25, 0.3) is 0 Å². The van der Waals surface area contributed by atoms with Crippen LogP contribution in [-0.2, 0) is 11.2 Å². The van der Waals surface area contributed by atoms with Crippen LogP contribution in [0.15, 0.2) is 48.5 Å². The molecule has 0 radical (unpaired) electrons. The second-order valence-electron chi connectivity index (χ2n) is 5.09. The second-order valence-corrected chi connectivity index (χ2v) is 5.09. The molecule has 0 unspecified atom stereocenters. The third-order valence-corrected chi connectivity index (χ3v) is 3.39. The quantitative estimate of drug-likeness (QED) is 0.787. The van der Waals surface area contributed by atoms with Crippen LogP contribution < -0.4 is 19.5 Å². The molecule has 25 heavy (non-hydrogen) atoms. The van der Waals surface area contributed by atoms with Crippen molar-refractivity contribution in [2.75, 3.05) is 27.4 Å². The molecule has 130 valence electrons. The zero-order chi connectivity index (χ0) is 17.9. The standard InChI is InChI=1S/C20H21NO4/c1-23-17-11-9-16(10-12-17)15-20(22)21-13-5-6-14-25-19-8-4-3-7-18(19)24-2/h3-4,7-12H,13-15H2,1-2H3,(H,21,22). The zero-order valence-electron chi connectivity index (χ0n) is 14.4. The average Bonchev–Trinajstić information content (AvgIpc) is 2.65. The highest BCUT2D eigenvalue weighted by Gasteiger charge is 2.02. The van der Waals surface area contributed by atoms with E-state index in [9.17, 15) is 4.79 Å². The van der Waals surface area contributed by atoms with E-state index in [2.05, 4.69) is 17.2 Å². The number of hydrogen-bond donors (Lipinski definition) is 1. The molecular weight excluding hydrogens is 318 g/mol. The predicted molar refractivity (Wildman–Crippen MR) is 96.0 cm³/mol. The first-order valence-electron chi connectivity index (χ1n) is 7.84. The third-order valence-electron chi connectivity index (χ3n) is 3.39. The van der Waals surface area contributed by atoms with Crippen molar-refractivity contribution in [2.45, 2.75) is 6.42 Å². The topological polar surface area (TPSA) is 56.8 Å². The van der Waals surface area contributed by atoms with Crippen LogP contribution >= 0.6 is 0 Å². The summed E-state index contributed by atoms with van der Waals surface area (Å²) in [5.41, 5.74) is 0.922. The first-order valence-corrected chi connectivity index (χ1v) is 7.84. The molecule has 5 heteroatoms. The fraction of sp³-hybridized carbons (Fsp3) is 0.250. The molecule has 0 saturated heterocycles. The number of para-hydroxylation sites is 2. The van der Waals surface area contributed by atoms with E-state index in [0.29, 0.717) is 17.9 Å². The maximum atomic E-state index is 11.8. The molecule has 0 bridgehead atoms. The van der Waals surface area contributed by atoms with Gasteiger partial charge in [0.05, 0.1) is 27.2 Å². The number of amides is 1. The Morgan fingerprint density at radius 2 is 1.68 bits per heavy atom. The average molecular weight is 339 g/mol. The van der Waals surface area contributed by atoms with Gasteiger partial charge in [0.25, 0.3) is 0 Å². The highest BCUT2D eigenvalue weighted by molar-refractivity contribution is 5.78. The predicted octanol–water partition coefficient (Wildman–Crippen LogP) is 2.44. The monoisotopic (exact) mass is 339 g/mol. The molecule has 2 aromatic rings. The summed E-state index contributed by atoms with van der Waals surface area (Å²) in [5.74, 6) is 7.72. The van der Waals surface area contributed by atoms with Crippen LogP contribution in [0.4, 0.5) is 0 Å². The smallest absolute Gasteiger partial charge is 0.225 e. The number of hydrogen-bond acceptors (Lipinski definition) is 4. The summed E-state index contributed by atoms with van der Waals surface area (Å²) in [6, 6.07) is 14.8. The lowest BCUT2D eigenvalue weighted by molar-refractivity contribution is -0.120. The van der Waals surface area contributed by atoms with Gasteiger partial charge in [-0.1, -0.05) is 36.1 Å². The van der Waals surface area contributed by atoms with E-state index in [0.717, 1.165) is 11.3 Å². The van der Waals surface area contributed by atoms with Gasteiger partial charge in [0.2, 0.25) is 5.91 Å². The van der Waals surface area contributed by atoms with Gasteiger partial charge in [0, 0.05) is 0 Å². The van der Waals surface area contributed by atoms with Crippen LogP contribution in [-0.4, -0.2) is 33.3 Å². The Morgan fingerprint density at radius 3 is 2.36 bits per heavy atom. The Morgan fingerprint density at radius 1 is 0.960 bits per heavy atom. The summed E-state index contributed by atoms with van der Waals surface area (Å²) >= 11 is 0. The molecule has 2 rings (SSSR count). The molecule has 0 aliphatic carbocycles. The minimum atomic E-state index is -0.0786. The van der Waals surface area contributed by atoms with E-state index < -0.39 is 0 Å². The SMILES string of the molecule is COc1ccc(CC(=O)NCC#CCOc2ccccc2OC)cc1. The van der Waals surface area contributed by atoms with E-state index in [1.807, 2.05) is 48.5 Å². The van der Waals surface area contributed by atoms with Crippen LogP contribution in [0.3, 0.4) is 0 Å². The molecule has 0 heterocycles. The maximum Gasteiger partial charge on any atom is 0.225 e. The van der Waals surface area contributed by atoms with Crippen molar-refractivity contribution in [1.29, 1.82) is 0 Å². The van der Waals surface area contributed by atoms with Gasteiger partial charge in [-0.15, -0.1) is 0 Å². The summed E-state index contributed by atoms with van der Waals surface area (Å²) in [5, 5.41) is 2.76. The van der Waals surface area contributed by atoms with Gasteiger partial charge >= 0.3 is 0 Å². The Labute approximate surface area is 147 Å². The van der Waals surface area contributed by atoms with E-state index >= 15 is 0 Å². The molecule has 0 aliphatic heterocycles. The fourth-order valence-corrected chi connectivity index (χ4v) is 2.10. The van der Waals surface area contributed by atoms with Gasteiger partial charge < -0.3 is 19.5 Å². The van der Waals surface area contributed by atoms with Gasteiger partial charge in [0.1, 0.15) is 12.4 Å². The Balaban J connectivity index is 1.70. The fourth-order valence-electron chi connectivity index (χ4n) is 2.10. The Hall–Kier alpha value is -3.13. The number of nitrogens with one attached hydrogen (secondary N) is 1.